The van der Waals surface area contributed by atoms with Crippen LogP contribution >= 0.6 is 23.2 Å². The van der Waals surface area contributed by atoms with Crippen LogP contribution in [0.2, 0.25) is 10.0 Å². The van der Waals surface area contributed by atoms with Gasteiger partial charge in [0, 0.05) is 0 Å². The Morgan fingerprint density at radius 1 is 1.40 bits per heavy atom. The lowest BCUT2D eigenvalue weighted by Gasteiger charge is -2.12. The van der Waals surface area contributed by atoms with E-state index in [4.69, 9.17) is 33.0 Å². The van der Waals surface area contributed by atoms with Crippen molar-refractivity contribution in [3.05, 3.63) is 22.2 Å². The molecule has 1 aromatic rings. The number of aliphatic carboxylic acids is 1. The van der Waals surface area contributed by atoms with Gasteiger partial charge < -0.3 is 14.9 Å². The van der Waals surface area contributed by atoms with Crippen LogP contribution in [-0.2, 0) is 4.79 Å². The normalized spacial score (nSPS) is 12.2. The molecule has 6 heteroatoms. The van der Waals surface area contributed by atoms with Gasteiger partial charge in [-0.25, -0.2) is 4.79 Å². The summed E-state index contributed by atoms with van der Waals surface area (Å²) >= 11 is 11.4. The number of carbonyl (C=O) groups is 1. The first-order valence-corrected chi connectivity index (χ1v) is 4.75. The largest absolute Gasteiger partial charge is 0.506 e. The predicted molar refractivity (Wildman–Crippen MR) is 55.9 cm³/mol. The van der Waals surface area contributed by atoms with E-state index in [0.717, 1.165) is 0 Å². The maximum atomic E-state index is 10.5. The molecular weight excluding hydrogens is 243 g/mol. The Morgan fingerprint density at radius 3 is 2.53 bits per heavy atom. The first-order chi connectivity index (χ1) is 6.93. The van der Waals surface area contributed by atoms with Crippen molar-refractivity contribution in [1.29, 1.82) is 0 Å². The van der Waals surface area contributed by atoms with Crippen molar-refractivity contribution in [2.75, 3.05) is 0 Å². The van der Waals surface area contributed by atoms with Crippen molar-refractivity contribution in [2.45, 2.75) is 13.0 Å². The second kappa shape index (κ2) is 4.59. The number of carboxylic acids is 1. The van der Waals surface area contributed by atoms with Crippen molar-refractivity contribution in [2.24, 2.45) is 0 Å². The van der Waals surface area contributed by atoms with Crippen LogP contribution in [0.3, 0.4) is 0 Å². The Labute approximate surface area is 96.0 Å². The maximum absolute atomic E-state index is 10.5. The van der Waals surface area contributed by atoms with Crippen molar-refractivity contribution in [1.82, 2.24) is 0 Å². The zero-order valence-electron chi connectivity index (χ0n) is 7.70. The van der Waals surface area contributed by atoms with E-state index in [1.54, 1.807) is 0 Å². The van der Waals surface area contributed by atoms with Gasteiger partial charge in [-0.15, -0.1) is 0 Å². The van der Waals surface area contributed by atoms with E-state index < -0.39 is 12.1 Å². The first kappa shape index (κ1) is 11.9. The highest BCUT2D eigenvalue weighted by Gasteiger charge is 2.16. The van der Waals surface area contributed by atoms with Crippen LogP contribution in [-0.4, -0.2) is 22.3 Å². The van der Waals surface area contributed by atoms with E-state index in [2.05, 4.69) is 0 Å². The minimum absolute atomic E-state index is 0.00948. The fourth-order valence-electron chi connectivity index (χ4n) is 0.853. The molecule has 0 amide bonds. The molecule has 82 valence electrons. The van der Waals surface area contributed by atoms with Gasteiger partial charge in [0.25, 0.3) is 0 Å². The Hall–Kier alpha value is -1.13. The van der Waals surface area contributed by atoms with E-state index in [-0.39, 0.29) is 21.5 Å². The summed E-state index contributed by atoms with van der Waals surface area (Å²) in [6, 6.07) is 2.63. The number of phenols is 1. The van der Waals surface area contributed by atoms with Crippen molar-refractivity contribution < 1.29 is 19.7 Å². The Balaban J connectivity index is 2.97. The summed E-state index contributed by atoms with van der Waals surface area (Å²) in [6.07, 6.45) is -1.04. The third kappa shape index (κ3) is 2.67. The highest BCUT2D eigenvalue weighted by Crippen LogP contribution is 2.38. The minimum atomic E-state index is -1.12. The van der Waals surface area contributed by atoms with Crippen LogP contribution in [0.15, 0.2) is 12.1 Å². The summed E-state index contributed by atoms with van der Waals surface area (Å²) in [5.74, 6) is -1.18. The fraction of sp³-hybridized carbons (Fsp3) is 0.222. The van der Waals surface area contributed by atoms with Gasteiger partial charge in [0.05, 0.1) is 0 Å². The standard InChI is InChI=1S/C9H8Cl2O4/c1-4(9(13)14)15-6-3-2-5(12)7(10)8(6)11/h2-4,12H,1H3,(H,13,14). The number of phenolic OH excluding ortho intramolecular Hbond substituents is 1. The van der Waals surface area contributed by atoms with Crippen LogP contribution < -0.4 is 4.74 Å². The van der Waals surface area contributed by atoms with E-state index in [9.17, 15) is 9.90 Å². The van der Waals surface area contributed by atoms with Gasteiger partial charge in [0.1, 0.15) is 21.5 Å². The SMILES string of the molecule is CC(Oc1ccc(O)c(Cl)c1Cl)C(=O)O. The maximum Gasteiger partial charge on any atom is 0.344 e. The second-order valence-corrected chi connectivity index (χ2v) is 3.57. The van der Waals surface area contributed by atoms with Crippen LogP contribution in [0.25, 0.3) is 0 Å². The number of halogens is 2. The minimum Gasteiger partial charge on any atom is -0.506 e. The molecule has 0 aliphatic carbocycles. The molecule has 4 nitrogen and oxygen atoms in total. The quantitative estimate of drug-likeness (QED) is 0.866. The monoisotopic (exact) mass is 250 g/mol. The van der Waals surface area contributed by atoms with Gasteiger partial charge in [0.2, 0.25) is 0 Å². The van der Waals surface area contributed by atoms with Gasteiger partial charge in [-0.05, 0) is 19.1 Å². The van der Waals surface area contributed by atoms with Gasteiger partial charge in [-0.1, -0.05) is 23.2 Å². The second-order valence-electron chi connectivity index (χ2n) is 2.81. The molecule has 1 aromatic carbocycles. The molecule has 0 fully saturated rings. The van der Waals surface area contributed by atoms with E-state index >= 15 is 0 Å². The van der Waals surface area contributed by atoms with Crippen LogP contribution in [0, 0.1) is 0 Å². The number of rotatable bonds is 3. The fourth-order valence-corrected chi connectivity index (χ4v) is 1.21. The average Bonchev–Trinajstić information content (AvgIpc) is 2.18. The van der Waals surface area contributed by atoms with Crippen LogP contribution in [0.5, 0.6) is 11.5 Å². The molecule has 0 saturated heterocycles. The molecule has 1 unspecified atom stereocenters. The highest BCUT2D eigenvalue weighted by molar-refractivity contribution is 6.43. The molecule has 0 radical (unpaired) electrons. The van der Waals surface area contributed by atoms with Gasteiger partial charge in [-0.3, -0.25) is 0 Å². The molecule has 1 rings (SSSR count). The Kier molecular flexibility index (Phi) is 3.66. The highest BCUT2D eigenvalue weighted by atomic mass is 35.5. The topological polar surface area (TPSA) is 66.8 Å². The lowest BCUT2D eigenvalue weighted by molar-refractivity contribution is -0.144. The summed E-state index contributed by atoms with van der Waals surface area (Å²) in [7, 11) is 0. The summed E-state index contributed by atoms with van der Waals surface area (Å²) in [6.45, 7) is 1.36. The third-order valence-corrected chi connectivity index (χ3v) is 2.53. The van der Waals surface area contributed by atoms with Gasteiger partial charge in [0.15, 0.2) is 6.10 Å². The number of hydrogen-bond acceptors (Lipinski definition) is 3. The predicted octanol–water partition coefficient (Wildman–Crippen LogP) is 2.55. The first-order valence-electron chi connectivity index (χ1n) is 4.00. The van der Waals surface area contributed by atoms with E-state index in [0.29, 0.717) is 0 Å². The summed E-state index contributed by atoms with van der Waals surface area (Å²) < 4.78 is 5.02. The van der Waals surface area contributed by atoms with E-state index in [1.807, 2.05) is 0 Å². The third-order valence-electron chi connectivity index (χ3n) is 1.68. The lowest BCUT2D eigenvalue weighted by atomic mass is 10.3. The van der Waals surface area contributed by atoms with E-state index in [1.165, 1.54) is 19.1 Å². The summed E-state index contributed by atoms with van der Waals surface area (Å²) in [4.78, 5) is 10.5. The average molecular weight is 251 g/mol. The van der Waals surface area contributed by atoms with Crippen LogP contribution in [0.4, 0.5) is 0 Å². The van der Waals surface area contributed by atoms with Gasteiger partial charge >= 0.3 is 5.97 Å². The Morgan fingerprint density at radius 2 is 2.00 bits per heavy atom. The smallest absolute Gasteiger partial charge is 0.344 e. The molecule has 0 saturated carbocycles. The lowest BCUT2D eigenvalue weighted by Crippen LogP contribution is -2.22. The molecule has 0 aliphatic heterocycles. The number of hydrogen-bond donors (Lipinski definition) is 2. The zero-order valence-corrected chi connectivity index (χ0v) is 9.21. The molecule has 0 heterocycles. The molecule has 0 spiro atoms. The molecule has 2 N–H and O–H groups in total. The number of carboxylic acid groups (broad SMARTS) is 1. The molecule has 15 heavy (non-hydrogen) atoms. The Bertz CT molecular complexity index is 392. The molecular formula is C9H8Cl2O4. The number of aromatic hydroxyl groups is 1. The summed E-state index contributed by atoms with van der Waals surface area (Å²) in [5.41, 5.74) is 0. The zero-order chi connectivity index (χ0) is 11.6. The number of benzene rings is 1. The number of ether oxygens (including phenoxy) is 1. The summed E-state index contributed by atoms with van der Waals surface area (Å²) in [5, 5.41) is 17.7. The van der Waals surface area contributed by atoms with Gasteiger partial charge in [-0.2, -0.15) is 0 Å². The molecule has 0 aliphatic rings. The molecule has 0 bridgehead atoms. The van der Waals surface area contributed by atoms with Crippen LogP contribution in [0.1, 0.15) is 6.92 Å². The molecule has 1 atom stereocenters. The van der Waals surface area contributed by atoms with Crippen molar-refractivity contribution in [3.63, 3.8) is 0 Å². The molecule has 0 aromatic heterocycles. The van der Waals surface area contributed by atoms with Crippen molar-refractivity contribution in [3.8, 4) is 11.5 Å². The van der Waals surface area contributed by atoms with Crippen molar-refractivity contribution >= 4 is 29.2 Å².